The van der Waals surface area contributed by atoms with Gasteiger partial charge in [-0.05, 0) is 44.7 Å². The predicted octanol–water partition coefficient (Wildman–Crippen LogP) is 2.35. The highest BCUT2D eigenvalue weighted by Crippen LogP contribution is 2.22. The van der Waals surface area contributed by atoms with Crippen molar-refractivity contribution in [3.63, 3.8) is 0 Å². The van der Waals surface area contributed by atoms with Crippen LogP contribution in [0.25, 0.3) is 0 Å². The molecule has 3 heterocycles. The minimum atomic E-state index is 0.0363. The highest BCUT2D eigenvalue weighted by Gasteiger charge is 2.25. The van der Waals surface area contributed by atoms with Gasteiger partial charge >= 0.3 is 0 Å². The van der Waals surface area contributed by atoms with E-state index < -0.39 is 0 Å². The zero-order chi connectivity index (χ0) is 16.9. The minimum absolute atomic E-state index is 0.0363. The van der Waals surface area contributed by atoms with Gasteiger partial charge in [0.2, 0.25) is 5.91 Å². The Morgan fingerprint density at radius 1 is 1.46 bits per heavy atom. The molecule has 3 rings (SSSR count). The molecule has 2 saturated heterocycles. The van der Waals surface area contributed by atoms with E-state index in [0.29, 0.717) is 11.8 Å². The maximum Gasteiger partial charge on any atom is 0.237 e. The fourth-order valence-electron chi connectivity index (χ4n) is 3.63. The van der Waals surface area contributed by atoms with Crippen LogP contribution in [0.4, 0.5) is 0 Å². The SMILES string of the molecule is CC(C)c1nc(CN2CCCC(CNC(=O)C3CCCN3)C2)cs1. The summed E-state index contributed by atoms with van der Waals surface area (Å²) >= 11 is 1.77. The number of hydrogen-bond donors (Lipinski definition) is 2. The lowest BCUT2D eigenvalue weighted by atomic mass is 9.97. The lowest BCUT2D eigenvalue weighted by Crippen LogP contribution is -2.45. The average molecular weight is 351 g/mol. The topological polar surface area (TPSA) is 57.3 Å². The van der Waals surface area contributed by atoms with Crippen molar-refractivity contribution in [1.29, 1.82) is 0 Å². The molecule has 2 fully saturated rings. The quantitative estimate of drug-likeness (QED) is 0.827. The first-order valence-electron chi connectivity index (χ1n) is 9.29. The number of thiazole rings is 1. The van der Waals surface area contributed by atoms with Crippen LogP contribution >= 0.6 is 11.3 Å². The van der Waals surface area contributed by atoms with Gasteiger partial charge in [-0.25, -0.2) is 4.98 Å². The molecule has 0 spiro atoms. The summed E-state index contributed by atoms with van der Waals surface area (Å²) < 4.78 is 0. The van der Waals surface area contributed by atoms with Crippen LogP contribution in [0.2, 0.25) is 0 Å². The van der Waals surface area contributed by atoms with E-state index in [1.165, 1.54) is 23.5 Å². The molecule has 1 amide bonds. The molecule has 24 heavy (non-hydrogen) atoms. The number of piperidine rings is 1. The highest BCUT2D eigenvalue weighted by molar-refractivity contribution is 7.09. The van der Waals surface area contributed by atoms with Crippen molar-refractivity contribution in [3.05, 3.63) is 16.1 Å². The monoisotopic (exact) mass is 350 g/mol. The molecule has 0 saturated carbocycles. The Hall–Kier alpha value is -0.980. The maximum atomic E-state index is 12.1. The number of nitrogens with zero attached hydrogens (tertiary/aromatic N) is 2. The molecular weight excluding hydrogens is 320 g/mol. The number of carbonyl (C=O) groups excluding carboxylic acids is 1. The first-order chi connectivity index (χ1) is 11.6. The predicted molar refractivity (Wildman–Crippen MR) is 98.2 cm³/mol. The molecule has 5 nitrogen and oxygen atoms in total. The van der Waals surface area contributed by atoms with Crippen LogP contribution < -0.4 is 10.6 Å². The molecule has 0 aromatic carbocycles. The number of carbonyl (C=O) groups is 1. The number of aromatic nitrogens is 1. The van der Waals surface area contributed by atoms with Crippen molar-refractivity contribution >= 4 is 17.2 Å². The van der Waals surface area contributed by atoms with Gasteiger partial charge in [0.15, 0.2) is 0 Å². The fourth-order valence-corrected chi connectivity index (χ4v) is 4.45. The molecule has 134 valence electrons. The second kappa shape index (κ2) is 8.41. The molecule has 2 aliphatic rings. The Balaban J connectivity index is 1.44. The molecule has 1 aromatic heterocycles. The van der Waals surface area contributed by atoms with Crippen LogP contribution in [-0.2, 0) is 11.3 Å². The van der Waals surface area contributed by atoms with Crippen LogP contribution in [0.3, 0.4) is 0 Å². The van der Waals surface area contributed by atoms with Crippen molar-refractivity contribution in [2.45, 2.75) is 58.0 Å². The van der Waals surface area contributed by atoms with Crippen molar-refractivity contribution in [1.82, 2.24) is 20.5 Å². The van der Waals surface area contributed by atoms with Crippen LogP contribution in [0.5, 0.6) is 0 Å². The fraction of sp³-hybridized carbons (Fsp3) is 0.778. The third-order valence-electron chi connectivity index (χ3n) is 4.99. The molecule has 0 bridgehead atoms. The summed E-state index contributed by atoms with van der Waals surface area (Å²) in [6, 6.07) is 0.0363. The highest BCUT2D eigenvalue weighted by atomic mass is 32.1. The molecule has 2 N–H and O–H groups in total. The molecule has 1 aromatic rings. The number of amides is 1. The number of rotatable bonds is 6. The Morgan fingerprint density at radius 3 is 3.04 bits per heavy atom. The van der Waals surface area contributed by atoms with E-state index >= 15 is 0 Å². The van der Waals surface area contributed by atoms with Gasteiger partial charge in [0.1, 0.15) is 0 Å². The Morgan fingerprint density at radius 2 is 2.33 bits per heavy atom. The molecule has 0 aliphatic carbocycles. The largest absolute Gasteiger partial charge is 0.354 e. The summed E-state index contributed by atoms with van der Waals surface area (Å²) in [7, 11) is 0. The van der Waals surface area contributed by atoms with Crippen molar-refractivity contribution in [3.8, 4) is 0 Å². The first-order valence-corrected chi connectivity index (χ1v) is 10.2. The first kappa shape index (κ1) is 17.8. The van der Waals surface area contributed by atoms with E-state index in [9.17, 15) is 4.79 Å². The van der Waals surface area contributed by atoms with Crippen molar-refractivity contribution in [2.75, 3.05) is 26.2 Å². The van der Waals surface area contributed by atoms with Crippen LogP contribution in [0.1, 0.15) is 56.2 Å². The summed E-state index contributed by atoms with van der Waals surface area (Å²) in [6.07, 6.45) is 4.51. The third kappa shape index (κ3) is 4.77. The lowest BCUT2D eigenvalue weighted by Gasteiger charge is -2.32. The maximum absolute atomic E-state index is 12.1. The zero-order valence-electron chi connectivity index (χ0n) is 14.9. The van der Waals surface area contributed by atoms with Gasteiger partial charge in [0.05, 0.1) is 16.7 Å². The van der Waals surface area contributed by atoms with Gasteiger partial charge < -0.3 is 10.6 Å². The van der Waals surface area contributed by atoms with E-state index in [4.69, 9.17) is 4.98 Å². The number of nitrogens with one attached hydrogen (secondary N) is 2. The van der Waals surface area contributed by atoms with E-state index in [1.807, 2.05) is 0 Å². The van der Waals surface area contributed by atoms with Crippen LogP contribution in [-0.4, -0.2) is 48.0 Å². The van der Waals surface area contributed by atoms with E-state index in [-0.39, 0.29) is 11.9 Å². The summed E-state index contributed by atoms with van der Waals surface area (Å²) in [5.74, 6) is 1.26. The number of hydrogen-bond acceptors (Lipinski definition) is 5. The lowest BCUT2D eigenvalue weighted by molar-refractivity contribution is -0.123. The smallest absolute Gasteiger partial charge is 0.237 e. The Bertz CT molecular complexity index is 539. The third-order valence-corrected chi connectivity index (χ3v) is 6.19. The standard InChI is InChI=1S/C18H30N4OS/c1-13(2)18-21-15(12-24-18)11-22-8-4-5-14(10-22)9-20-17(23)16-6-3-7-19-16/h12-14,16,19H,3-11H2,1-2H3,(H,20,23). The molecule has 6 heteroatoms. The molecule has 2 atom stereocenters. The summed E-state index contributed by atoms with van der Waals surface area (Å²) in [4.78, 5) is 19.4. The molecule has 0 radical (unpaired) electrons. The van der Waals surface area contributed by atoms with Crippen LogP contribution in [0, 0.1) is 5.92 Å². The second-order valence-electron chi connectivity index (χ2n) is 7.47. The minimum Gasteiger partial charge on any atom is -0.354 e. The van der Waals surface area contributed by atoms with Gasteiger partial charge in [0.25, 0.3) is 0 Å². The molecular formula is C18H30N4OS. The van der Waals surface area contributed by atoms with Gasteiger partial charge in [-0.15, -0.1) is 11.3 Å². The van der Waals surface area contributed by atoms with Crippen LogP contribution in [0.15, 0.2) is 5.38 Å². The van der Waals surface area contributed by atoms with Gasteiger partial charge in [-0.2, -0.15) is 0 Å². The van der Waals surface area contributed by atoms with Gasteiger partial charge in [-0.3, -0.25) is 9.69 Å². The Labute approximate surface area is 149 Å². The van der Waals surface area contributed by atoms with Gasteiger partial charge in [-0.1, -0.05) is 13.8 Å². The summed E-state index contributed by atoms with van der Waals surface area (Å²) in [6.45, 7) is 9.32. The second-order valence-corrected chi connectivity index (χ2v) is 8.36. The average Bonchev–Trinajstić information content (AvgIpc) is 3.24. The summed E-state index contributed by atoms with van der Waals surface area (Å²) in [5.41, 5.74) is 1.20. The van der Waals surface area contributed by atoms with E-state index in [2.05, 4.69) is 34.8 Å². The number of likely N-dealkylation sites (tertiary alicyclic amines) is 1. The summed E-state index contributed by atoms with van der Waals surface area (Å²) in [5, 5.41) is 9.86. The van der Waals surface area contributed by atoms with Gasteiger partial charge in [0, 0.05) is 30.9 Å². The molecule has 2 unspecified atom stereocenters. The normalized spacial score (nSPS) is 25.3. The zero-order valence-corrected chi connectivity index (χ0v) is 15.7. The Kier molecular flexibility index (Phi) is 6.25. The van der Waals surface area contributed by atoms with Crippen molar-refractivity contribution < 1.29 is 4.79 Å². The van der Waals surface area contributed by atoms with E-state index in [0.717, 1.165) is 45.6 Å². The van der Waals surface area contributed by atoms with E-state index in [1.54, 1.807) is 11.3 Å². The van der Waals surface area contributed by atoms with Crippen molar-refractivity contribution in [2.24, 2.45) is 5.92 Å². The molecule has 2 aliphatic heterocycles.